The number of halogens is 2. The summed E-state index contributed by atoms with van der Waals surface area (Å²) >= 11 is 0. The molecular formula is C17H12F2N4O2. The van der Waals surface area contributed by atoms with Gasteiger partial charge < -0.3 is 20.1 Å². The van der Waals surface area contributed by atoms with Crippen molar-refractivity contribution in [3.05, 3.63) is 60.4 Å². The van der Waals surface area contributed by atoms with Gasteiger partial charge in [0.2, 0.25) is 6.79 Å². The fraction of sp³-hybridized carbons (Fsp3) is 0.0588. The molecule has 6 nitrogen and oxygen atoms in total. The molecule has 8 heteroatoms. The van der Waals surface area contributed by atoms with Gasteiger partial charge in [-0.3, -0.25) is 0 Å². The molecule has 0 fully saturated rings. The summed E-state index contributed by atoms with van der Waals surface area (Å²) in [7, 11) is 0. The van der Waals surface area contributed by atoms with E-state index in [0.717, 1.165) is 17.8 Å². The molecule has 2 heterocycles. The molecule has 0 spiro atoms. The Labute approximate surface area is 141 Å². The van der Waals surface area contributed by atoms with Gasteiger partial charge >= 0.3 is 0 Å². The number of aromatic nitrogens is 2. The van der Waals surface area contributed by atoms with Crippen LogP contribution in [-0.2, 0) is 0 Å². The molecule has 1 aliphatic heterocycles. The maximum absolute atomic E-state index is 13.3. The van der Waals surface area contributed by atoms with Crippen molar-refractivity contribution in [1.82, 2.24) is 9.97 Å². The largest absolute Gasteiger partial charge is 0.454 e. The van der Waals surface area contributed by atoms with Crippen molar-refractivity contribution in [2.24, 2.45) is 0 Å². The van der Waals surface area contributed by atoms with E-state index in [1.54, 1.807) is 18.2 Å². The van der Waals surface area contributed by atoms with Gasteiger partial charge in [0.25, 0.3) is 0 Å². The van der Waals surface area contributed by atoms with Crippen LogP contribution >= 0.6 is 0 Å². The Hall–Kier alpha value is -3.42. The van der Waals surface area contributed by atoms with E-state index in [0.29, 0.717) is 28.8 Å². The van der Waals surface area contributed by atoms with Crippen LogP contribution in [0.1, 0.15) is 0 Å². The topological polar surface area (TPSA) is 68.3 Å². The predicted molar refractivity (Wildman–Crippen MR) is 87.5 cm³/mol. The molecule has 0 amide bonds. The third-order valence-corrected chi connectivity index (χ3v) is 3.50. The van der Waals surface area contributed by atoms with Crippen molar-refractivity contribution >= 4 is 23.0 Å². The Balaban J connectivity index is 1.52. The first-order valence-corrected chi connectivity index (χ1v) is 7.38. The van der Waals surface area contributed by atoms with Crippen LogP contribution in [0.2, 0.25) is 0 Å². The molecule has 25 heavy (non-hydrogen) atoms. The lowest BCUT2D eigenvalue weighted by molar-refractivity contribution is 0.174. The highest BCUT2D eigenvalue weighted by molar-refractivity contribution is 5.65. The minimum Gasteiger partial charge on any atom is -0.454 e. The number of nitrogens with zero attached hydrogens (tertiary/aromatic N) is 2. The molecule has 0 atom stereocenters. The molecular weight excluding hydrogens is 330 g/mol. The summed E-state index contributed by atoms with van der Waals surface area (Å²) in [4.78, 5) is 8.20. The molecule has 0 saturated carbocycles. The highest BCUT2D eigenvalue weighted by atomic mass is 19.2. The minimum absolute atomic E-state index is 0.203. The number of rotatable bonds is 4. The summed E-state index contributed by atoms with van der Waals surface area (Å²) in [6, 6.07) is 10.6. The van der Waals surface area contributed by atoms with Gasteiger partial charge in [-0.1, -0.05) is 0 Å². The maximum Gasteiger partial charge on any atom is 0.231 e. The van der Waals surface area contributed by atoms with Gasteiger partial charge in [0.1, 0.15) is 18.0 Å². The van der Waals surface area contributed by atoms with Crippen molar-refractivity contribution in [1.29, 1.82) is 0 Å². The molecule has 0 aliphatic carbocycles. The maximum atomic E-state index is 13.3. The van der Waals surface area contributed by atoms with Crippen LogP contribution in [0.5, 0.6) is 11.5 Å². The summed E-state index contributed by atoms with van der Waals surface area (Å²) < 4.78 is 36.8. The fourth-order valence-corrected chi connectivity index (χ4v) is 2.34. The van der Waals surface area contributed by atoms with E-state index in [4.69, 9.17) is 9.47 Å². The lowest BCUT2D eigenvalue weighted by atomic mass is 10.2. The van der Waals surface area contributed by atoms with Crippen molar-refractivity contribution in [2.45, 2.75) is 0 Å². The Bertz CT molecular complexity index is 936. The van der Waals surface area contributed by atoms with E-state index in [1.807, 2.05) is 6.07 Å². The summed E-state index contributed by atoms with van der Waals surface area (Å²) in [5.41, 5.74) is 1.15. The normalized spacial score (nSPS) is 12.1. The van der Waals surface area contributed by atoms with Gasteiger partial charge in [0.15, 0.2) is 23.1 Å². The van der Waals surface area contributed by atoms with Crippen LogP contribution in [0, 0.1) is 11.6 Å². The van der Waals surface area contributed by atoms with Gasteiger partial charge in [-0.25, -0.2) is 18.7 Å². The zero-order valence-electron chi connectivity index (χ0n) is 12.8. The average Bonchev–Trinajstić information content (AvgIpc) is 3.06. The van der Waals surface area contributed by atoms with Crippen LogP contribution in [-0.4, -0.2) is 16.8 Å². The molecule has 0 saturated heterocycles. The van der Waals surface area contributed by atoms with Crippen LogP contribution in [0.4, 0.5) is 31.8 Å². The molecule has 2 N–H and O–H groups in total. The molecule has 3 aromatic rings. The average molecular weight is 342 g/mol. The Kier molecular flexibility index (Phi) is 3.77. The Morgan fingerprint density at radius 2 is 1.44 bits per heavy atom. The highest BCUT2D eigenvalue weighted by Crippen LogP contribution is 2.35. The number of hydrogen-bond donors (Lipinski definition) is 2. The number of fused-ring (bicyclic) bond motifs is 1. The molecule has 0 radical (unpaired) electrons. The summed E-state index contributed by atoms with van der Waals surface area (Å²) in [6.45, 7) is 0.203. The van der Waals surface area contributed by atoms with Crippen LogP contribution in [0.25, 0.3) is 0 Å². The van der Waals surface area contributed by atoms with Gasteiger partial charge in [0.05, 0.1) is 0 Å². The zero-order valence-corrected chi connectivity index (χ0v) is 12.8. The quantitative estimate of drug-likeness (QED) is 0.748. The molecule has 126 valence electrons. The molecule has 1 aliphatic rings. The van der Waals surface area contributed by atoms with Crippen molar-refractivity contribution in [2.75, 3.05) is 17.4 Å². The van der Waals surface area contributed by atoms with E-state index in [1.165, 1.54) is 12.4 Å². The zero-order chi connectivity index (χ0) is 17.2. The second kappa shape index (κ2) is 6.23. The third kappa shape index (κ3) is 3.27. The fourth-order valence-electron chi connectivity index (χ4n) is 2.34. The number of ether oxygens (including phenoxy) is 2. The van der Waals surface area contributed by atoms with Crippen molar-refractivity contribution < 1.29 is 18.3 Å². The van der Waals surface area contributed by atoms with Gasteiger partial charge in [-0.2, -0.15) is 0 Å². The predicted octanol–water partition coefficient (Wildman–Crippen LogP) is 3.97. The number of anilines is 4. The second-order valence-corrected chi connectivity index (χ2v) is 5.24. The number of hydrogen-bond acceptors (Lipinski definition) is 6. The van der Waals surface area contributed by atoms with Crippen molar-refractivity contribution in [3.8, 4) is 11.5 Å². The summed E-state index contributed by atoms with van der Waals surface area (Å²) in [5.74, 6) is 0.465. The smallest absolute Gasteiger partial charge is 0.231 e. The lowest BCUT2D eigenvalue weighted by Gasteiger charge is -2.09. The van der Waals surface area contributed by atoms with Crippen LogP contribution in [0.15, 0.2) is 48.8 Å². The van der Waals surface area contributed by atoms with Gasteiger partial charge in [0, 0.05) is 29.6 Å². The highest BCUT2D eigenvalue weighted by Gasteiger charge is 2.13. The van der Waals surface area contributed by atoms with Crippen LogP contribution < -0.4 is 20.1 Å². The van der Waals surface area contributed by atoms with E-state index in [2.05, 4.69) is 20.6 Å². The second-order valence-electron chi connectivity index (χ2n) is 5.24. The summed E-state index contributed by atoms with van der Waals surface area (Å²) in [5, 5.41) is 6.02. The molecule has 2 aromatic carbocycles. The third-order valence-electron chi connectivity index (χ3n) is 3.50. The van der Waals surface area contributed by atoms with E-state index in [-0.39, 0.29) is 6.79 Å². The molecule has 4 rings (SSSR count). The monoisotopic (exact) mass is 342 g/mol. The Morgan fingerprint density at radius 3 is 2.20 bits per heavy atom. The van der Waals surface area contributed by atoms with Crippen LogP contribution in [0.3, 0.4) is 0 Å². The molecule has 0 bridgehead atoms. The first-order chi connectivity index (χ1) is 12.2. The standard InChI is InChI=1S/C17H12F2N4O2/c18-12-3-1-10(5-13(12)19)22-16-7-17(21-8-20-16)23-11-2-4-14-15(6-11)25-9-24-14/h1-8H,9H2,(H2,20,21,22,23). The van der Waals surface area contributed by atoms with E-state index < -0.39 is 11.6 Å². The van der Waals surface area contributed by atoms with Crippen molar-refractivity contribution in [3.63, 3.8) is 0 Å². The van der Waals surface area contributed by atoms with Gasteiger partial charge in [-0.05, 0) is 24.3 Å². The molecule has 0 unspecified atom stereocenters. The lowest BCUT2D eigenvalue weighted by Crippen LogP contribution is -1.99. The first-order valence-electron chi connectivity index (χ1n) is 7.38. The Morgan fingerprint density at radius 1 is 0.760 bits per heavy atom. The SMILES string of the molecule is Fc1ccc(Nc2cc(Nc3ccc4c(c3)OCO4)ncn2)cc1F. The number of benzene rings is 2. The molecule has 1 aromatic heterocycles. The summed E-state index contributed by atoms with van der Waals surface area (Å²) in [6.07, 6.45) is 1.36. The first kappa shape index (κ1) is 15.1. The number of nitrogens with one attached hydrogen (secondary N) is 2. The minimum atomic E-state index is -0.933. The van der Waals surface area contributed by atoms with E-state index in [9.17, 15) is 8.78 Å². The van der Waals surface area contributed by atoms with Gasteiger partial charge in [-0.15, -0.1) is 0 Å². The van der Waals surface area contributed by atoms with E-state index >= 15 is 0 Å².